The van der Waals surface area contributed by atoms with Gasteiger partial charge < -0.3 is 14.0 Å². The minimum Gasteiger partial charge on any atom is -0.496 e. The fourth-order valence-electron chi connectivity index (χ4n) is 2.44. The number of esters is 1. The van der Waals surface area contributed by atoms with Crippen LogP contribution >= 0.6 is 30.6 Å². The van der Waals surface area contributed by atoms with Gasteiger partial charge in [-0.25, -0.2) is 4.79 Å². The molecule has 5 nitrogen and oxygen atoms in total. The molecule has 0 aliphatic carbocycles. The quantitative estimate of drug-likeness (QED) is 0.436. The Hall–Kier alpha value is -1.78. The Labute approximate surface area is 168 Å². The van der Waals surface area contributed by atoms with Crippen molar-refractivity contribution in [2.24, 2.45) is 0 Å². The van der Waals surface area contributed by atoms with E-state index in [1.165, 1.54) is 32.2 Å². The summed E-state index contributed by atoms with van der Waals surface area (Å²) in [5.74, 6) is 1.30. The third-order valence-electron chi connectivity index (χ3n) is 3.66. The fourth-order valence-corrected chi connectivity index (χ4v) is 5.00. The van der Waals surface area contributed by atoms with Crippen LogP contribution in [0, 0.1) is 0 Å². The largest absolute Gasteiger partial charge is 0.496 e. The Morgan fingerprint density at radius 1 is 1.15 bits per heavy atom. The van der Waals surface area contributed by atoms with Gasteiger partial charge in [-0.05, 0) is 42.8 Å². The highest BCUT2D eigenvalue weighted by molar-refractivity contribution is 7.70. The van der Waals surface area contributed by atoms with E-state index in [9.17, 15) is 9.36 Å². The molecule has 1 atom stereocenters. The van der Waals surface area contributed by atoms with E-state index in [2.05, 4.69) is 4.74 Å². The molecule has 0 heterocycles. The first-order chi connectivity index (χ1) is 12.9. The van der Waals surface area contributed by atoms with Gasteiger partial charge in [0.1, 0.15) is 5.75 Å². The van der Waals surface area contributed by atoms with Crippen molar-refractivity contribution in [3.8, 4) is 5.75 Å². The third-order valence-corrected chi connectivity index (χ3v) is 6.48. The molecule has 8 heteroatoms. The molecule has 0 fully saturated rings. The van der Waals surface area contributed by atoms with E-state index in [4.69, 9.17) is 32.5 Å². The number of hydrogen-bond donors (Lipinski definition) is 0. The van der Waals surface area contributed by atoms with Crippen LogP contribution in [-0.2, 0) is 13.8 Å². The highest BCUT2D eigenvalue weighted by Gasteiger charge is 2.26. The molecule has 27 heavy (non-hydrogen) atoms. The first kappa shape index (κ1) is 21.5. The number of para-hydroxylation sites is 1. The molecule has 2 aromatic carbocycles. The van der Waals surface area contributed by atoms with Gasteiger partial charge in [-0.2, -0.15) is 0 Å². The first-order valence-corrected chi connectivity index (χ1v) is 10.5. The van der Waals surface area contributed by atoms with E-state index in [1.807, 2.05) is 0 Å². The predicted molar refractivity (Wildman–Crippen MR) is 109 cm³/mol. The van der Waals surface area contributed by atoms with E-state index in [0.29, 0.717) is 16.6 Å². The summed E-state index contributed by atoms with van der Waals surface area (Å²) in [7, 11) is -0.593. The Bertz CT molecular complexity index is 888. The van der Waals surface area contributed by atoms with Crippen molar-refractivity contribution in [3.05, 3.63) is 63.4 Å². The topological polar surface area (TPSA) is 61.8 Å². The molecule has 0 N–H and O–H groups in total. The highest BCUT2D eigenvalue weighted by atomic mass is 35.5. The number of hydrogen-bond acceptors (Lipinski definition) is 5. The molecule has 144 valence electrons. The second-order valence-corrected chi connectivity index (χ2v) is 8.40. The summed E-state index contributed by atoms with van der Waals surface area (Å²) >= 11 is 12.3. The lowest BCUT2D eigenvalue weighted by atomic mass is 10.1. The van der Waals surface area contributed by atoms with E-state index in [1.54, 1.807) is 37.3 Å². The van der Waals surface area contributed by atoms with Crippen molar-refractivity contribution in [1.29, 1.82) is 0 Å². The van der Waals surface area contributed by atoms with E-state index >= 15 is 0 Å². The Balaban J connectivity index is 2.46. The normalized spacial score (nSPS) is 13.4. The van der Waals surface area contributed by atoms with Gasteiger partial charge in [0.05, 0.1) is 41.7 Å². The summed E-state index contributed by atoms with van der Waals surface area (Å²) in [6.07, 6.45) is 1.59. The van der Waals surface area contributed by atoms with Crippen molar-refractivity contribution in [3.63, 3.8) is 0 Å². The summed E-state index contributed by atoms with van der Waals surface area (Å²) in [5.41, 5.74) is 0.642. The SMILES string of the molecule is CCOP(=O)(/C=C/c1cc(Cl)c(C(=O)OC)c(Cl)c1)c1ccccc1OC. The van der Waals surface area contributed by atoms with E-state index in [-0.39, 0.29) is 22.2 Å². The van der Waals surface area contributed by atoms with Crippen LogP contribution in [0.15, 0.2) is 42.2 Å². The predicted octanol–water partition coefficient (Wildman–Crippen LogP) is 5.40. The lowest BCUT2D eigenvalue weighted by Gasteiger charge is -2.17. The average Bonchev–Trinajstić information content (AvgIpc) is 2.66. The first-order valence-electron chi connectivity index (χ1n) is 8.00. The molecule has 0 radical (unpaired) electrons. The zero-order valence-corrected chi connectivity index (χ0v) is 17.5. The molecule has 0 bridgehead atoms. The molecule has 0 saturated carbocycles. The van der Waals surface area contributed by atoms with Crippen molar-refractivity contribution in [2.45, 2.75) is 6.92 Å². The monoisotopic (exact) mass is 428 g/mol. The van der Waals surface area contributed by atoms with Crippen LogP contribution < -0.4 is 10.0 Å². The van der Waals surface area contributed by atoms with Crippen molar-refractivity contribution < 1.29 is 23.4 Å². The highest BCUT2D eigenvalue weighted by Crippen LogP contribution is 2.50. The molecule has 1 unspecified atom stereocenters. The fraction of sp³-hybridized carbons (Fsp3) is 0.211. The van der Waals surface area contributed by atoms with Crippen LogP contribution in [0.3, 0.4) is 0 Å². The van der Waals surface area contributed by atoms with E-state index in [0.717, 1.165) is 0 Å². The van der Waals surface area contributed by atoms with E-state index < -0.39 is 13.3 Å². The second-order valence-electron chi connectivity index (χ2n) is 5.35. The van der Waals surface area contributed by atoms with Crippen molar-refractivity contribution >= 4 is 47.9 Å². The zero-order valence-electron chi connectivity index (χ0n) is 15.1. The van der Waals surface area contributed by atoms with Gasteiger partial charge in [-0.15, -0.1) is 0 Å². The number of rotatable bonds is 7. The van der Waals surface area contributed by atoms with Gasteiger partial charge in [-0.3, -0.25) is 4.57 Å². The molecule has 0 aromatic heterocycles. The Morgan fingerprint density at radius 3 is 2.33 bits per heavy atom. The van der Waals surface area contributed by atoms with Crippen LogP contribution in [0.1, 0.15) is 22.8 Å². The third kappa shape index (κ3) is 4.94. The second kappa shape index (κ2) is 9.43. The molecule has 0 saturated heterocycles. The van der Waals surface area contributed by atoms with Gasteiger partial charge in [-0.1, -0.05) is 35.3 Å². The summed E-state index contributed by atoms with van der Waals surface area (Å²) < 4.78 is 29.0. The number of ether oxygens (including phenoxy) is 2. The minimum atomic E-state index is -3.34. The summed E-state index contributed by atoms with van der Waals surface area (Å²) in [6, 6.07) is 10.0. The average molecular weight is 429 g/mol. The van der Waals surface area contributed by atoms with Gasteiger partial charge in [0.25, 0.3) is 7.37 Å². The number of benzene rings is 2. The maximum Gasteiger partial charge on any atom is 0.340 e. The molecular weight excluding hydrogens is 410 g/mol. The maximum atomic E-state index is 13.4. The number of carbonyl (C=O) groups excluding carboxylic acids is 1. The van der Waals surface area contributed by atoms with Gasteiger partial charge in [0.15, 0.2) is 0 Å². The van der Waals surface area contributed by atoms with Gasteiger partial charge >= 0.3 is 5.97 Å². The smallest absolute Gasteiger partial charge is 0.340 e. The van der Waals surface area contributed by atoms with Gasteiger partial charge in [0, 0.05) is 5.82 Å². The lowest BCUT2D eigenvalue weighted by molar-refractivity contribution is 0.0601. The van der Waals surface area contributed by atoms with Crippen LogP contribution in [0.2, 0.25) is 10.0 Å². The summed E-state index contributed by atoms with van der Waals surface area (Å²) in [5, 5.41) is 0.726. The molecule has 2 rings (SSSR count). The summed E-state index contributed by atoms with van der Waals surface area (Å²) in [4.78, 5) is 11.7. The minimum absolute atomic E-state index is 0.0794. The van der Waals surface area contributed by atoms with Crippen LogP contribution in [-0.4, -0.2) is 26.8 Å². The molecule has 2 aromatic rings. The zero-order chi connectivity index (χ0) is 20.0. The standard InChI is InChI=1S/C19H19Cl2O5P/c1-4-26-27(23,17-8-6-5-7-16(17)24-2)10-9-13-11-14(20)18(15(21)12-13)19(22)25-3/h5-12H,4H2,1-3H3/b10-9+. The number of halogens is 2. The maximum absolute atomic E-state index is 13.4. The molecule has 0 aliphatic heterocycles. The lowest BCUT2D eigenvalue weighted by Crippen LogP contribution is -2.09. The Morgan fingerprint density at radius 2 is 1.78 bits per heavy atom. The van der Waals surface area contributed by atoms with Crippen LogP contribution in [0.5, 0.6) is 5.75 Å². The van der Waals surface area contributed by atoms with Crippen LogP contribution in [0.25, 0.3) is 6.08 Å². The van der Waals surface area contributed by atoms with Gasteiger partial charge in [0.2, 0.25) is 0 Å². The summed E-state index contributed by atoms with van der Waals surface area (Å²) in [6.45, 7) is 2.01. The molecule has 0 amide bonds. The Kier molecular flexibility index (Phi) is 7.51. The molecule has 0 spiro atoms. The molecule has 0 aliphatic rings. The van der Waals surface area contributed by atoms with Crippen molar-refractivity contribution in [2.75, 3.05) is 20.8 Å². The number of carbonyl (C=O) groups is 1. The van der Waals surface area contributed by atoms with Crippen LogP contribution in [0.4, 0.5) is 0 Å². The molecular formula is C19H19Cl2O5P. The van der Waals surface area contributed by atoms with Crippen molar-refractivity contribution in [1.82, 2.24) is 0 Å². The number of methoxy groups -OCH3 is 2.